The Morgan fingerprint density at radius 1 is 1.04 bits per heavy atom. The van der Waals surface area contributed by atoms with Crippen molar-refractivity contribution >= 4 is 21.8 Å². The van der Waals surface area contributed by atoms with Crippen molar-refractivity contribution in [3.05, 3.63) is 59.7 Å². The Hall–Kier alpha value is -2.58. The third-order valence-corrected chi connectivity index (χ3v) is 6.13. The molecule has 1 amide bonds. The monoisotopic (exact) mass is 405 g/mol. The largest absolute Gasteiger partial charge is 0.491 e. The van der Waals surface area contributed by atoms with Crippen molar-refractivity contribution < 1.29 is 17.9 Å². The lowest BCUT2D eigenvalue weighted by Crippen LogP contribution is -2.46. The average Bonchev–Trinajstić information content (AvgIpc) is 2.67. The van der Waals surface area contributed by atoms with Crippen molar-refractivity contribution in [1.82, 2.24) is 9.62 Å². The van der Waals surface area contributed by atoms with E-state index >= 15 is 0 Å². The van der Waals surface area contributed by atoms with Gasteiger partial charge < -0.3 is 10.1 Å². The fourth-order valence-corrected chi connectivity index (χ4v) is 3.58. The third-order valence-electron chi connectivity index (χ3n) is 4.31. The summed E-state index contributed by atoms with van der Waals surface area (Å²) < 4.78 is 33.1. The van der Waals surface area contributed by atoms with E-state index in [1.54, 1.807) is 30.3 Å². The van der Waals surface area contributed by atoms with Crippen molar-refractivity contribution in [3.8, 4) is 5.75 Å². The molecule has 2 rings (SSSR count). The first-order valence-corrected chi connectivity index (χ1v) is 10.3. The maximum atomic E-state index is 12.6. The van der Waals surface area contributed by atoms with Gasteiger partial charge in [0.25, 0.3) is 0 Å². The predicted octanol–water partition coefficient (Wildman–Crippen LogP) is 2.11. The molecule has 1 N–H and O–H groups in total. The quantitative estimate of drug-likeness (QED) is 0.648. The standard InChI is InChI=1S/C20H27N3O4S/c1-16-9-8-12-19(17(16)2)27-14-13-21-20(24)15-23(28(25,26)22(3)4)18-10-6-5-7-11-18/h5-12H,13-15H2,1-4H3,(H,21,24). The fourth-order valence-electron chi connectivity index (χ4n) is 2.52. The minimum absolute atomic E-state index is 0.275. The highest BCUT2D eigenvalue weighted by Gasteiger charge is 2.26. The molecule has 2 aromatic carbocycles. The van der Waals surface area contributed by atoms with Gasteiger partial charge in [0, 0.05) is 14.1 Å². The van der Waals surface area contributed by atoms with Crippen LogP contribution >= 0.6 is 0 Å². The lowest BCUT2D eigenvalue weighted by Gasteiger charge is -2.26. The molecule has 0 saturated carbocycles. The summed E-state index contributed by atoms with van der Waals surface area (Å²) in [6.45, 7) is 4.24. The second-order valence-electron chi connectivity index (χ2n) is 6.53. The zero-order valence-corrected chi connectivity index (χ0v) is 17.5. The van der Waals surface area contributed by atoms with E-state index in [4.69, 9.17) is 4.74 Å². The summed E-state index contributed by atoms with van der Waals surface area (Å²) in [6.07, 6.45) is 0. The van der Waals surface area contributed by atoms with E-state index in [0.717, 1.165) is 25.5 Å². The smallest absolute Gasteiger partial charge is 0.304 e. The van der Waals surface area contributed by atoms with E-state index in [1.807, 2.05) is 32.0 Å². The first-order chi connectivity index (χ1) is 13.2. The number of nitrogens with zero attached hydrogens (tertiary/aromatic N) is 2. The van der Waals surface area contributed by atoms with Gasteiger partial charge in [0.15, 0.2) is 0 Å². The number of carbonyl (C=O) groups excluding carboxylic acids is 1. The number of nitrogens with one attached hydrogen (secondary N) is 1. The van der Waals surface area contributed by atoms with Crippen molar-refractivity contribution in [2.75, 3.05) is 38.1 Å². The number of aryl methyl sites for hydroxylation is 1. The molecule has 7 nitrogen and oxygen atoms in total. The number of anilines is 1. The molecular formula is C20H27N3O4S. The second-order valence-corrected chi connectivity index (χ2v) is 8.60. The van der Waals surface area contributed by atoms with Crippen LogP contribution in [0.15, 0.2) is 48.5 Å². The maximum absolute atomic E-state index is 12.6. The van der Waals surface area contributed by atoms with E-state index in [2.05, 4.69) is 5.32 Å². The van der Waals surface area contributed by atoms with Crippen molar-refractivity contribution in [1.29, 1.82) is 0 Å². The Kier molecular flexibility index (Phi) is 7.42. The lowest BCUT2D eigenvalue weighted by molar-refractivity contribution is -0.119. The van der Waals surface area contributed by atoms with Crippen molar-refractivity contribution in [3.63, 3.8) is 0 Å². The predicted molar refractivity (Wildman–Crippen MR) is 111 cm³/mol. The molecule has 0 atom stereocenters. The van der Waals surface area contributed by atoms with Crippen LogP contribution in [0.3, 0.4) is 0 Å². The van der Waals surface area contributed by atoms with Crippen LogP contribution in [0.4, 0.5) is 5.69 Å². The Balaban J connectivity index is 1.96. The lowest BCUT2D eigenvalue weighted by atomic mass is 10.1. The SMILES string of the molecule is Cc1cccc(OCCNC(=O)CN(c2ccccc2)S(=O)(=O)N(C)C)c1C. The van der Waals surface area contributed by atoms with E-state index in [0.29, 0.717) is 12.3 Å². The van der Waals surface area contributed by atoms with Crippen LogP contribution in [0.25, 0.3) is 0 Å². The Morgan fingerprint density at radius 3 is 2.36 bits per heavy atom. The summed E-state index contributed by atoms with van der Waals surface area (Å²) >= 11 is 0. The molecule has 152 valence electrons. The molecule has 28 heavy (non-hydrogen) atoms. The molecule has 0 aliphatic rings. The van der Waals surface area contributed by atoms with E-state index in [1.165, 1.54) is 14.1 Å². The van der Waals surface area contributed by atoms with Crippen LogP contribution in [0.5, 0.6) is 5.75 Å². The third kappa shape index (κ3) is 5.46. The number of para-hydroxylation sites is 1. The summed E-state index contributed by atoms with van der Waals surface area (Å²) in [4.78, 5) is 12.3. The number of amides is 1. The molecule has 0 spiro atoms. The van der Waals surface area contributed by atoms with E-state index in [-0.39, 0.29) is 13.1 Å². The molecule has 0 bridgehead atoms. The summed E-state index contributed by atoms with van der Waals surface area (Å²) in [5.41, 5.74) is 2.62. The Labute approximate surface area is 167 Å². The Bertz CT molecular complexity index is 899. The molecule has 0 heterocycles. The number of hydrogen-bond acceptors (Lipinski definition) is 4. The van der Waals surface area contributed by atoms with Crippen LogP contribution in [-0.2, 0) is 15.0 Å². The molecule has 0 radical (unpaired) electrons. The van der Waals surface area contributed by atoms with Crippen molar-refractivity contribution in [2.24, 2.45) is 0 Å². The number of ether oxygens (including phenoxy) is 1. The van der Waals surface area contributed by atoms with Gasteiger partial charge in [0.05, 0.1) is 12.2 Å². The maximum Gasteiger partial charge on any atom is 0.304 e. The van der Waals surface area contributed by atoms with Gasteiger partial charge in [-0.2, -0.15) is 12.7 Å². The number of hydrogen-bond donors (Lipinski definition) is 1. The van der Waals surface area contributed by atoms with Crippen LogP contribution < -0.4 is 14.4 Å². The zero-order valence-electron chi connectivity index (χ0n) is 16.7. The number of carbonyl (C=O) groups is 1. The molecular weight excluding hydrogens is 378 g/mol. The fraction of sp³-hybridized carbons (Fsp3) is 0.350. The highest BCUT2D eigenvalue weighted by atomic mass is 32.2. The van der Waals surface area contributed by atoms with Crippen LogP contribution in [0.1, 0.15) is 11.1 Å². The van der Waals surface area contributed by atoms with Crippen LogP contribution in [0, 0.1) is 13.8 Å². The molecule has 0 aliphatic carbocycles. The van der Waals surface area contributed by atoms with Gasteiger partial charge >= 0.3 is 10.2 Å². The van der Waals surface area contributed by atoms with Gasteiger partial charge in [-0.05, 0) is 43.2 Å². The topological polar surface area (TPSA) is 79.0 Å². The molecule has 0 aromatic heterocycles. The highest BCUT2D eigenvalue weighted by molar-refractivity contribution is 7.90. The number of rotatable bonds is 9. The van der Waals surface area contributed by atoms with Gasteiger partial charge in [0.1, 0.15) is 18.9 Å². The molecule has 0 saturated heterocycles. The average molecular weight is 406 g/mol. The summed E-state index contributed by atoms with van der Waals surface area (Å²) in [5, 5.41) is 2.71. The van der Waals surface area contributed by atoms with Gasteiger partial charge in [-0.3, -0.25) is 4.79 Å². The van der Waals surface area contributed by atoms with Gasteiger partial charge in [-0.15, -0.1) is 0 Å². The number of benzene rings is 2. The van der Waals surface area contributed by atoms with Crippen LogP contribution in [0.2, 0.25) is 0 Å². The minimum Gasteiger partial charge on any atom is -0.491 e. The van der Waals surface area contributed by atoms with E-state index in [9.17, 15) is 13.2 Å². The van der Waals surface area contributed by atoms with Crippen LogP contribution in [-0.4, -0.2) is 52.4 Å². The summed E-state index contributed by atoms with van der Waals surface area (Å²) in [6, 6.07) is 14.3. The normalized spacial score (nSPS) is 11.3. The van der Waals surface area contributed by atoms with Gasteiger partial charge in [0.2, 0.25) is 5.91 Å². The molecule has 8 heteroatoms. The summed E-state index contributed by atoms with van der Waals surface area (Å²) in [5.74, 6) is 0.370. The molecule has 0 aliphatic heterocycles. The van der Waals surface area contributed by atoms with Gasteiger partial charge in [-0.25, -0.2) is 4.31 Å². The molecule has 2 aromatic rings. The summed E-state index contributed by atoms with van der Waals surface area (Å²) in [7, 11) is -0.933. The van der Waals surface area contributed by atoms with Gasteiger partial charge in [-0.1, -0.05) is 30.3 Å². The second kappa shape index (κ2) is 9.57. The minimum atomic E-state index is -3.80. The zero-order chi connectivity index (χ0) is 20.7. The van der Waals surface area contributed by atoms with Crippen molar-refractivity contribution in [2.45, 2.75) is 13.8 Å². The first kappa shape index (κ1) is 21.7. The molecule has 0 fully saturated rings. The highest BCUT2D eigenvalue weighted by Crippen LogP contribution is 2.20. The first-order valence-electron chi connectivity index (χ1n) is 8.94. The molecule has 0 unspecified atom stereocenters. The Morgan fingerprint density at radius 2 is 1.71 bits per heavy atom. The van der Waals surface area contributed by atoms with E-state index < -0.39 is 16.1 Å².